The smallest absolute Gasteiger partial charge is 0.329 e. The highest BCUT2D eigenvalue weighted by Crippen LogP contribution is 2.26. The van der Waals surface area contributed by atoms with E-state index in [0.29, 0.717) is 47.1 Å². The maximum Gasteiger partial charge on any atom is 0.329 e. The summed E-state index contributed by atoms with van der Waals surface area (Å²) in [5, 5.41) is 0. The zero-order valence-corrected chi connectivity index (χ0v) is 52.8. The minimum Gasteiger partial charge on any atom is -0.480 e. The number of cyclic esters (lactones) is 4. The number of methoxy groups -OCH3 is 2. The van der Waals surface area contributed by atoms with Gasteiger partial charge in [0.05, 0.1) is 14.2 Å². The predicted octanol–water partition coefficient (Wildman–Crippen LogP) is 6.44. The van der Waals surface area contributed by atoms with Gasteiger partial charge in [0.15, 0.2) is 24.4 Å². The first-order valence-corrected chi connectivity index (χ1v) is 29.4. The third kappa shape index (κ3) is 19.0. The van der Waals surface area contributed by atoms with Gasteiger partial charge in [-0.3, -0.25) is 29.1 Å². The van der Waals surface area contributed by atoms with Crippen molar-refractivity contribution in [2.45, 2.75) is 169 Å². The van der Waals surface area contributed by atoms with E-state index in [9.17, 15) is 28.8 Å². The number of aromatic nitrogens is 4. The van der Waals surface area contributed by atoms with Crippen LogP contribution in [0.25, 0.3) is 0 Å². The quantitative estimate of drug-likeness (QED) is 0.0766. The minimum absolute atomic E-state index is 0.0617. The van der Waals surface area contributed by atoms with Crippen molar-refractivity contribution in [1.29, 1.82) is 0 Å². The van der Waals surface area contributed by atoms with Crippen molar-refractivity contribution in [2.24, 2.45) is 23.7 Å². The van der Waals surface area contributed by atoms with Crippen LogP contribution in [0.3, 0.4) is 0 Å². The molecule has 22 nitrogen and oxygen atoms in total. The van der Waals surface area contributed by atoms with E-state index in [1.54, 1.807) is 36.7 Å². The predicted molar refractivity (Wildman–Crippen MR) is 318 cm³/mol. The zero-order valence-electron chi connectivity index (χ0n) is 52.8. The number of hydrogen-bond acceptors (Lipinski definition) is 18. The molecule has 1 aliphatic heterocycles. The van der Waals surface area contributed by atoms with Gasteiger partial charge in [0.2, 0.25) is 11.8 Å². The molecule has 4 amide bonds. The molecule has 4 aromatic rings. The number of rotatable bonds is 18. The van der Waals surface area contributed by atoms with E-state index in [1.165, 1.54) is 68.7 Å². The van der Waals surface area contributed by atoms with E-state index in [1.807, 2.05) is 79.7 Å². The number of nitrogens with zero attached hydrogens (tertiary/aromatic N) is 8. The fourth-order valence-corrected chi connectivity index (χ4v) is 10.2. The average molecular weight is 1190 g/mol. The SMILES string of the molecule is COc1nccnc1Cc1ccc(C[C@H]2OC(=O)[C@H](CC(C)C)N(C)C(=O)[C@@H](C)OC(=O)[C@H](CC(C)C)N(C)C(=O)[C@@H](Cc3ccc(Cc4nccnc4OC)cc3)OC(=O)[C@H](CC(C)C)N(C)C(=O)[C@@H](C)OC(=O)[C@H](CC(C)C)N(C)C2=O)cc1. The third-order valence-electron chi connectivity index (χ3n) is 15.0. The molecule has 0 N–H and O–H groups in total. The lowest BCUT2D eigenvalue weighted by molar-refractivity contribution is -0.176. The van der Waals surface area contributed by atoms with Crippen LogP contribution in [0, 0.1) is 23.7 Å². The summed E-state index contributed by atoms with van der Waals surface area (Å²) in [5.74, 6) is -6.95. The number of esters is 4. The van der Waals surface area contributed by atoms with Gasteiger partial charge in [0, 0.05) is 78.7 Å². The molecule has 86 heavy (non-hydrogen) atoms. The minimum atomic E-state index is -1.57. The Morgan fingerprint density at radius 1 is 0.395 bits per heavy atom. The molecule has 5 rings (SSSR count). The van der Waals surface area contributed by atoms with E-state index in [4.69, 9.17) is 28.4 Å². The number of carbonyl (C=O) groups excluding carboxylic acids is 8. The molecule has 1 aliphatic rings. The second kappa shape index (κ2) is 31.9. The topological polar surface area (TPSA) is 256 Å². The van der Waals surface area contributed by atoms with Gasteiger partial charge in [-0.2, -0.15) is 0 Å². The first-order valence-electron chi connectivity index (χ1n) is 29.4. The van der Waals surface area contributed by atoms with Crippen LogP contribution < -0.4 is 9.47 Å². The Morgan fingerprint density at radius 3 is 0.930 bits per heavy atom. The van der Waals surface area contributed by atoms with Crippen molar-refractivity contribution in [3.63, 3.8) is 0 Å². The van der Waals surface area contributed by atoms with E-state index in [2.05, 4.69) is 19.9 Å². The lowest BCUT2D eigenvalue weighted by Gasteiger charge is -2.35. The molecular weight excluding hydrogens is 1100 g/mol. The molecule has 0 spiro atoms. The number of carbonyl (C=O) groups is 8. The molecule has 0 aliphatic carbocycles. The van der Waals surface area contributed by atoms with Crippen molar-refractivity contribution < 1.29 is 66.8 Å². The van der Waals surface area contributed by atoms with E-state index in [-0.39, 0.29) is 62.2 Å². The van der Waals surface area contributed by atoms with Crippen LogP contribution in [-0.4, -0.2) is 178 Å². The summed E-state index contributed by atoms with van der Waals surface area (Å²) in [6.07, 6.45) is 0.668. The Morgan fingerprint density at radius 2 is 0.651 bits per heavy atom. The molecule has 468 valence electrons. The van der Waals surface area contributed by atoms with E-state index >= 15 is 9.59 Å². The lowest BCUT2D eigenvalue weighted by atomic mass is 9.99. The molecule has 2 aromatic heterocycles. The molecule has 2 aromatic carbocycles. The van der Waals surface area contributed by atoms with Crippen LogP contribution in [0.5, 0.6) is 11.8 Å². The van der Waals surface area contributed by atoms with Crippen LogP contribution >= 0.6 is 0 Å². The Balaban J connectivity index is 1.59. The van der Waals surface area contributed by atoms with Crippen LogP contribution in [-0.2, 0) is 83.0 Å². The Bertz CT molecular complexity index is 2740. The fraction of sp³-hybridized carbons (Fsp3) is 0.562. The van der Waals surface area contributed by atoms with Gasteiger partial charge in [-0.05, 0) is 85.5 Å². The number of benzene rings is 2. The van der Waals surface area contributed by atoms with Gasteiger partial charge in [0.25, 0.3) is 23.6 Å². The van der Waals surface area contributed by atoms with Gasteiger partial charge in [-0.1, -0.05) is 104 Å². The molecule has 8 atom stereocenters. The zero-order chi connectivity index (χ0) is 63.7. The first-order chi connectivity index (χ1) is 40.6. The summed E-state index contributed by atoms with van der Waals surface area (Å²) in [5.41, 5.74) is 4.03. The molecule has 22 heteroatoms. The summed E-state index contributed by atoms with van der Waals surface area (Å²) >= 11 is 0. The average Bonchev–Trinajstić information content (AvgIpc) is 3.47. The molecule has 0 bridgehead atoms. The molecular formula is C64H88N8O14. The van der Waals surface area contributed by atoms with Crippen molar-refractivity contribution in [2.75, 3.05) is 42.4 Å². The van der Waals surface area contributed by atoms with Crippen molar-refractivity contribution >= 4 is 47.5 Å². The van der Waals surface area contributed by atoms with Crippen LogP contribution in [0.4, 0.5) is 0 Å². The van der Waals surface area contributed by atoms with Crippen LogP contribution in [0.15, 0.2) is 73.3 Å². The van der Waals surface area contributed by atoms with Gasteiger partial charge in [0.1, 0.15) is 35.6 Å². The Kier molecular flexibility index (Phi) is 25.5. The fourth-order valence-electron chi connectivity index (χ4n) is 10.2. The maximum absolute atomic E-state index is 15.1. The summed E-state index contributed by atoms with van der Waals surface area (Å²) in [4.78, 5) is 140. The monoisotopic (exact) mass is 1190 g/mol. The first kappa shape index (κ1) is 68.7. The number of hydrogen-bond donors (Lipinski definition) is 0. The van der Waals surface area contributed by atoms with Crippen molar-refractivity contribution in [3.8, 4) is 11.8 Å². The number of ether oxygens (including phenoxy) is 6. The molecule has 0 radical (unpaired) electrons. The normalized spacial score (nSPS) is 22.3. The number of likely N-dealkylation sites (N-methyl/N-ethyl adjacent to an activating group) is 4. The third-order valence-corrected chi connectivity index (χ3v) is 15.0. The van der Waals surface area contributed by atoms with E-state index in [0.717, 1.165) is 30.7 Å². The highest BCUT2D eigenvalue weighted by atomic mass is 16.6. The highest BCUT2D eigenvalue weighted by Gasteiger charge is 2.43. The second-order valence-electron chi connectivity index (χ2n) is 23.8. The molecule has 1 fully saturated rings. The molecule has 3 heterocycles. The van der Waals surface area contributed by atoms with Gasteiger partial charge in [-0.15, -0.1) is 0 Å². The number of amides is 4. The van der Waals surface area contributed by atoms with Crippen LogP contribution in [0.1, 0.15) is 129 Å². The van der Waals surface area contributed by atoms with Crippen molar-refractivity contribution in [1.82, 2.24) is 39.5 Å². The second-order valence-corrected chi connectivity index (χ2v) is 23.8. The standard InChI is InChI=1S/C64H88N8O14/c1-37(2)29-49-61(77)83-41(9)57(73)69(11)52(32-40(7)8)64(80)86-54(36-46-23-19-44(20-24-46)34-48-56(82-16)68-28-26-66-48)60(76)72(14)50(30-38(3)4)62(78)84-42(10)58(74)70(12)51(31-39(5)6)63(79)85-53(59(75)71(49)13)35-45-21-17-43(18-22-45)33-47-55(81-15)67-27-25-65-47/h17-28,37-42,49-54H,29-36H2,1-16H3/t41-,42-,49+,50+,51+,52+,53-,54-/m1/s1. The Hall–Kier alpha value is -8.04. The molecule has 1 saturated heterocycles. The molecule has 0 unspecified atom stereocenters. The highest BCUT2D eigenvalue weighted by molar-refractivity contribution is 5.94. The largest absolute Gasteiger partial charge is 0.480 e. The summed E-state index contributed by atoms with van der Waals surface area (Å²) in [6, 6.07) is 9.15. The van der Waals surface area contributed by atoms with Crippen molar-refractivity contribution in [3.05, 3.63) is 107 Å². The molecule has 0 saturated carbocycles. The maximum atomic E-state index is 15.1. The van der Waals surface area contributed by atoms with Crippen LogP contribution in [0.2, 0.25) is 0 Å². The lowest BCUT2D eigenvalue weighted by Crippen LogP contribution is -2.55. The summed E-state index contributed by atoms with van der Waals surface area (Å²) in [7, 11) is 8.53. The summed E-state index contributed by atoms with van der Waals surface area (Å²) < 4.78 is 35.1. The summed E-state index contributed by atoms with van der Waals surface area (Å²) in [6.45, 7) is 17.4. The Labute approximate surface area is 506 Å². The van der Waals surface area contributed by atoms with Gasteiger partial charge < -0.3 is 48.0 Å². The van der Waals surface area contributed by atoms with Gasteiger partial charge in [-0.25, -0.2) is 29.1 Å². The van der Waals surface area contributed by atoms with Gasteiger partial charge >= 0.3 is 23.9 Å². The van der Waals surface area contributed by atoms with E-state index < -0.39 is 96.1 Å².